The smallest absolute Gasteiger partial charge is 0.403 e. The summed E-state index contributed by atoms with van der Waals surface area (Å²) in [5.41, 5.74) is -0.607. The van der Waals surface area contributed by atoms with Gasteiger partial charge in [0.15, 0.2) is 0 Å². The van der Waals surface area contributed by atoms with Gasteiger partial charge in [-0.25, -0.2) is 0 Å². The summed E-state index contributed by atoms with van der Waals surface area (Å²) < 4.78 is 11.9. The second-order valence-electron chi connectivity index (χ2n) is 5.70. The summed E-state index contributed by atoms with van der Waals surface area (Å²) in [5, 5.41) is 0. The summed E-state index contributed by atoms with van der Waals surface area (Å²) >= 11 is 0. The number of carbonyl (C=O) groups is 1. The zero-order valence-electron chi connectivity index (χ0n) is 11.3. The van der Waals surface area contributed by atoms with Gasteiger partial charge in [0.1, 0.15) is 5.78 Å². The standard InChI is InChI=1S/C12H23BO3/c1-7-10(8-9(2)14)13-15-11(3,4)12(5,6)16-13/h10H,7-8H2,1-6H3. The van der Waals surface area contributed by atoms with Crippen LogP contribution < -0.4 is 0 Å². The number of hydrogen-bond donors (Lipinski definition) is 0. The van der Waals surface area contributed by atoms with Crippen molar-refractivity contribution in [2.24, 2.45) is 0 Å². The topological polar surface area (TPSA) is 35.5 Å². The lowest BCUT2D eigenvalue weighted by Gasteiger charge is -2.32. The first kappa shape index (κ1) is 13.7. The van der Waals surface area contributed by atoms with Crippen LogP contribution in [0.4, 0.5) is 0 Å². The van der Waals surface area contributed by atoms with Crippen molar-refractivity contribution < 1.29 is 14.1 Å². The molecule has 1 aliphatic rings. The molecule has 0 aromatic rings. The van der Waals surface area contributed by atoms with Crippen LogP contribution in [0, 0.1) is 0 Å². The third-order valence-corrected chi connectivity index (χ3v) is 3.73. The Balaban J connectivity index is 2.73. The summed E-state index contributed by atoms with van der Waals surface area (Å²) in [6.07, 6.45) is 1.43. The highest BCUT2D eigenvalue weighted by molar-refractivity contribution is 6.47. The lowest BCUT2D eigenvalue weighted by atomic mass is 9.68. The summed E-state index contributed by atoms with van der Waals surface area (Å²) in [4.78, 5) is 11.2. The number of Topliss-reactive ketones (excluding diaryl/α,β-unsaturated/α-hetero) is 1. The third-order valence-electron chi connectivity index (χ3n) is 3.73. The van der Waals surface area contributed by atoms with E-state index in [9.17, 15) is 4.79 Å². The predicted molar refractivity (Wildman–Crippen MR) is 65.4 cm³/mol. The molecule has 0 spiro atoms. The van der Waals surface area contributed by atoms with Crippen molar-refractivity contribution in [1.29, 1.82) is 0 Å². The molecule has 0 aromatic heterocycles. The summed E-state index contributed by atoms with van der Waals surface area (Å²) in [7, 11) is -0.251. The first-order chi connectivity index (χ1) is 7.19. The molecule has 0 N–H and O–H groups in total. The van der Waals surface area contributed by atoms with Crippen molar-refractivity contribution in [3.63, 3.8) is 0 Å². The molecule has 0 saturated carbocycles. The maximum Gasteiger partial charge on any atom is 0.461 e. The van der Waals surface area contributed by atoms with E-state index < -0.39 is 0 Å². The van der Waals surface area contributed by atoms with Crippen molar-refractivity contribution in [2.45, 2.75) is 71.4 Å². The van der Waals surface area contributed by atoms with Crippen molar-refractivity contribution >= 4 is 12.9 Å². The molecular weight excluding hydrogens is 203 g/mol. The first-order valence-corrected chi connectivity index (χ1v) is 6.04. The van der Waals surface area contributed by atoms with Gasteiger partial charge < -0.3 is 14.1 Å². The minimum atomic E-state index is -0.304. The molecular formula is C12H23BO3. The van der Waals surface area contributed by atoms with Gasteiger partial charge in [0.2, 0.25) is 0 Å². The predicted octanol–water partition coefficient (Wildman–Crippen LogP) is 2.84. The summed E-state index contributed by atoms with van der Waals surface area (Å²) in [6.45, 7) is 11.8. The molecule has 1 fully saturated rings. The van der Waals surface area contributed by atoms with Gasteiger partial charge in [-0.15, -0.1) is 0 Å². The van der Waals surface area contributed by atoms with E-state index in [1.165, 1.54) is 0 Å². The molecule has 1 rings (SSSR count). The van der Waals surface area contributed by atoms with Crippen LogP contribution in [0.3, 0.4) is 0 Å². The molecule has 0 bridgehead atoms. The molecule has 3 nitrogen and oxygen atoms in total. The Kier molecular flexibility index (Phi) is 3.85. The summed E-state index contributed by atoms with van der Waals surface area (Å²) in [5.74, 6) is 0.361. The Morgan fingerprint density at radius 1 is 1.19 bits per heavy atom. The van der Waals surface area contributed by atoms with Crippen LogP contribution >= 0.6 is 0 Å². The third kappa shape index (κ3) is 2.66. The molecule has 4 heteroatoms. The molecule has 0 aliphatic carbocycles. The van der Waals surface area contributed by atoms with Crippen molar-refractivity contribution in [2.75, 3.05) is 0 Å². The second-order valence-corrected chi connectivity index (χ2v) is 5.70. The van der Waals surface area contributed by atoms with Crippen molar-refractivity contribution in [1.82, 2.24) is 0 Å². The quantitative estimate of drug-likeness (QED) is 0.691. The highest BCUT2D eigenvalue weighted by Gasteiger charge is 2.53. The van der Waals surface area contributed by atoms with Crippen LogP contribution in [0.15, 0.2) is 0 Å². The molecule has 0 aromatic carbocycles. The van der Waals surface area contributed by atoms with E-state index in [2.05, 4.69) is 6.92 Å². The average Bonchev–Trinajstić information content (AvgIpc) is 2.31. The lowest BCUT2D eigenvalue weighted by Crippen LogP contribution is -2.41. The molecule has 1 unspecified atom stereocenters. The van der Waals surface area contributed by atoms with Gasteiger partial charge in [0.05, 0.1) is 11.2 Å². The molecule has 0 radical (unpaired) electrons. The normalized spacial score (nSPS) is 24.5. The van der Waals surface area contributed by atoms with E-state index in [0.717, 1.165) is 6.42 Å². The van der Waals surface area contributed by atoms with Crippen LogP contribution in [-0.2, 0) is 14.1 Å². The maximum absolute atomic E-state index is 11.2. The van der Waals surface area contributed by atoms with E-state index in [1.807, 2.05) is 27.7 Å². The molecule has 1 saturated heterocycles. The van der Waals surface area contributed by atoms with E-state index in [4.69, 9.17) is 9.31 Å². The minimum absolute atomic E-state index is 0.165. The Morgan fingerprint density at radius 3 is 1.94 bits per heavy atom. The Hall–Kier alpha value is -0.345. The Labute approximate surface area is 99.0 Å². The van der Waals surface area contributed by atoms with E-state index >= 15 is 0 Å². The van der Waals surface area contributed by atoms with E-state index in [0.29, 0.717) is 6.42 Å². The molecule has 92 valence electrons. The number of rotatable bonds is 4. The fourth-order valence-electron chi connectivity index (χ4n) is 1.88. The van der Waals surface area contributed by atoms with Gasteiger partial charge in [-0.05, 0) is 34.6 Å². The van der Waals surface area contributed by atoms with Gasteiger partial charge >= 0.3 is 7.12 Å². The number of ketones is 1. The van der Waals surface area contributed by atoms with Crippen molar-refractivity contribution in [3.8, 4) is 0 Å². The fraction of sp³-hybridized carbons (Fsp3) is 0.917. The Morgan fingerprint density at radius 2 is 1.62 bits per heavy atom. The molecule has 1 heterocycles. The van der Waals surface area contributed by atoms with Gasteiger partial charge in [-0.3, -0.25) is 0 Å². The second kappa shape index (κ2) is 4.50. The maximum atomic E-state index is 11.2. The molecule has 0 amide bonds. The number of hydrogen-bond acceptors (Lipinski definition) is 3. The van der Waals surface area contributed by atoms with E-state index in [-0.39, 0.29) is 29.9 Å². The van der Waals surface area contributed by atoms with Crippen LogP contribution in [0.2, 0.25) is 5.82 Å². The zero-order valence-corrected chi connectivity index (χ0v) is 11.3. The largest absolute Gasteiger partial charge is 0.461 e. The molecule has 16 heavy (non-hydrogen) atoms. The van der Waals surface area contributed by atoms with Crippen LogP contribution in [0.1, 0.15) is 54.4 Å². The van der Waals surface area contributed by atoms with Crippen LogP contribution in [0.5, 0.6) is 0 Å². The Bertz CT molecular complexity index is 257. The van der Waals surface area contributed by atoms with Gasteiger partial charge in [-0.1, -0.05) is 13.3 Å². The van der Waals surface area contributed by atoms with Gasteiger partial charge in [-0.2, -0.15) is 0 Å². The zero-order chi connectivity index (χ0) is 12.6. The SMILES string of the molecule is CCC(CC(C)=O)B1OC(C)(C)C(C)(C)O1. The van der Waals surface area contributed by atoms with Crippen molar-refractivity contribution in [3.05, 3.63) is 0 Å². The molecule has 1 aliphatic heterocycles. The summed E-state index contributed by atoms with van der Waals surface area (Å²) in [6, 6.07) is 0. The van der Waals surface area contributed by atoms with Crippen LogP contribution in [0.25, 0.3) is 0 Å². The minimum Gasteiger partial charge on any atom is -0.403 e. The highest BCUT2D eigenvalue weighted by atomic mass is 16.7. The van der Waals surface area contributed by atoms with Gasteiger partial charge in [0.25, 0.3) is 0 Å². The van der Waals surface area contributed by atoms with E-state index in [1.54, 1.807) is 6.92 Å². The fourth-order valence-corrected chi connectivity index (χ4v) is 1.88. The average molecular weight is 226 g/mol. The monoisotopic (exact) mass is 226 g/mol. The van der Waals surface area contributed by atoms with Gasteiger partial charge in [0, 0.05) is 12.2 Å². The number of carbonyl (C=O) groups excluding carboxylic acids is 1. The van der Waals surface area contributed by atoms with Crippen LogP contribution in [-0.4, -0.2) is 24.1 Å². The molecule has 1 atom stereocenters. The first-order valence-electron chi connectivity index (χ1n) is 6.04. The highest BCUT2D eigenvalue weighted by Crippen LogP contribution is 2.41. The lowest BCUT2D eigenvalue weighted by molar-refractivity contribution is -0.117.